The van der Waals surface area contributed by atoms with E-state index in [4.69, 9.17) is 16.7 Å². The Kier molecular flexibility index (Phi) is 8.99. The zero-order chi connectivity index (χ0) is 25.8. The standard InChI is InChI=1S/C26H35ClN2O5S/c1-26(2,15-18-12-20-6-4-5-7-21(20)13-18)28-16-22(30)17-29(3)35(33,34)23-10-8-19(24(27)14-23)9-11-25(31)32/h4-8,10,14,18,22,28,30H,9,11-13,15-17H2,1-3H3,(H,31,32). The molecule has 7 nitrogen and oxygen atoms in total. The summed E-state index contributed by atoms with van der Waals surface area (Å²) in [5.74, 6) is -0.407. The lowest BCUT2D eigenvalue weighted by Crippen LogP contribution is -2.47. The van der Waals surface area contributed by atoms with Gasteiger partial charge in [0.05, 0.1) is 11.0 Å². The third kappa shape index (κ3) is 7.51. The van der Waals surface area contributed by atoms with Crippen LogP contribution in [0.15, 0.2) is 47.4 Å². The first-order chi connectivity index (χ1) is 16.4. The molecule has 0 aliphatic heterocycles. The molecule has 0 radical (unpaired) electrons. The normalized spacial score (nSPS) is 15.4. The van der Waals surface area contributed by atoms with Gasteiger partial charge in [0, 0.05) is 37.1 Å². The summed E-state index contributed by atoms with van der Waals surface area (Å²) in [5, 5.41) is 23.0. The average molecular weight is 523 g/mol. The maximum absolute atomic E-state index is 13.0. The Bertz CT molecular complexity index is 1130. The molecule has 3 rings (SSSR count). The molecule has 2 aromatic carbocycles. The van der Waals surface area contributed by atoms with Crippen molar-refractivity contribution in [1.29, 1.82) is 0 Å². The summed E-state index contributed by atoms with van der Waals surface area (Å²) < 4.78 is 27.1. The van der Waals surface area contributed by atoms with Gasteiger partial charge in [-0.3, -0.25) is 4.79 Å². The van der Waals surface area contributed by atoms with E-state index in [1.54, 1.807) is 0 Å². The number of hydrogen-bond donors (Lipinski definition) is 3. The van der Waals surface area contributed by atoms with Crippen molar-refractivity contribution in [2.24, 2.45) is 5.92 Å². The van der Waals surface area contributed by atoms with Crippen LogP contribution in [0.25, 0.3) is 0 Å². The Balaban J connectivity index is 1.52. The van der Waals surface area contributed by atoms with Crippen molar-refractivity contribution >= 4 is 27.6 Å². The summed E-state index contributed by atoms with van der Waals surface area (Å²) in [7, 11) is -2.44. The van der Waals surface area contributed by atoms with Gasteiger partial charge in [-0.15, -0.1) is 0 Å². The summed E-state index contributed by atoms with van der Waals surface area (Å²) in [4.78, 5) is 10.8. The van der Waals surface area contributed by atoms with Crippen LogP contribution in [0.2, 0.25) is 5.02 Å². The lowest BCUT2D eigenvalue weighted by molar-refractivity contribution is -0.136. The number of hydrogen-bond acceptors (Lipinski definition) is 5. The lowest BCUT2D eigenvalue weighted by atomic mass is 9.88. The summed E-state index contributed by atoms with van der Waals surface area (Å²) in [6.45, 7) is 4.41. The highest BCUT2D eigenvalue weighted by atomic mass is 35.5. The number of fused-ring (bicyclic) bond motifs is 1. The predicted octanol–water partition coefficient (Wildman–Crippen LogP) is 3.51. The van der Waals surface area contributed by atoms with Gasteiger partial charge in [0.1, 0.15) is 0 Å². The molecule has 0 heterocycles. The number of benzene rings is 2. The Morgan fingerprint density at radius 3 is 2.40 bits per heavy atom. The first-order valence-corrected chi connectivity index (χ1v) is 13.7. The molecule has 35 heavy (non-hydrogen) atoms. The molecule has 3 N–H and O–H groups in total. The minimum atomic E-state index is -3.86. The number of aliphatic carboxylic acids is 1. The first kappa shape index (κ1) is 27.6. The highest BCUT2D eigenvalue weighted by Crippen LogP contribution is 2.32. The number of carboxylic acids is 1. The van der Waals surface area contributed by atoms with Gasteiger partial charge in [0.2, 0.25) is 10.0 Å². The number of aryl methyl sites for hydroxylation is 1. The van der Waals surface area contributed by atoms with Gasteiger partial charge in [-0.2, -0.15) is 4.31 Å². The van der Waals surface area contributed by atoms with E-state index >= 15 is 0 Å². The minimum absolute atomic E-state index is 0.00497. The van der Waals surface area contributed by atoms with Crippen molar-refractivity contribution in [3.8, 4) is 0 Å². The predicted molar refractivity (Wildman–Crippen MR) is 137 cm³/mol. The average Bonchev–Trinajstić information content (AvgIpc) is 3.18. The highest BCUT2D eigenvalue weighted by Gasteiger charge is 2.29. The van der Waals surface area contributed by atoms with Gasteiger partial charge < -0.3 is 15.5 Å². The number of carbonyl (C=O) groups is 1. The molecule has 1 unspecified atom stereocenters. The molecule has 0 bridgehead atoms. The molecule has 1 atom stereocenters. The van der Waals surface area contributed by atoms with Crippen molar-refractivity contribution < 1.29 is 23.4 Å². The smallest absolute Gasteiger partial charge is 0.303 e. The number of nitrogens with one attached hydrogen (secondary N) is 1. The van der Waals surface area contributed by atoms with E-state index in [1.165, 1.54) is 36.4 Å². The Hall–Kier alpha value is -1.97. The van der Waals surface area contributed by atoms with Crippen LogP contribution in [-0.4, -0.2) is 60.7 Å². The molecular formula is C26H35ClN2O5S. The fraction of sp³-hybridized carbons (Fsp3) is 0.500. The third-order valence-corrected chi connectivity index (χ3v) is 8.73. The number of rotatable bonds is 12. The van der Waals surface area contributed by atoms with Crippen molar-refractivity contribution in [3.05, 3.63) is 64.2 Å². The third-order valence-electron chi connectivity index (χ3n) is 6.56. The van der Waals surface area contributed by atoms with E-state index in [9.17, 15) is 18.3 Å². The number of aliphatic hydroxyl groups is 1. The van der Waals surface area contributed by atoms with E-state index in [1.807, 2.05) is 0 Å². The molecule has 0 spiro atoms. The van der Waals surface area contributed by atoms with Gasteiger partial charge in [0.25, 0.3) is 0 Å². The number of β-amino-alcohol motifs (C(OH)–C–C–N with tert-alkyl or cyclic N) is 1. The van der Waals surface area contributed by atoms with Gasteiger partial charge in [-0.1, -0.05) is 41.9 Å². The van der Waals surface area contributed by atoms with Gasteiger partial charge in [-0.25, -0.2) is 8.42 Å². The van der Waals surface area contributed by atoms with E-state index < -0.39 is 22.1 Å². The van der Waals surface area contributed by atoms with Crippen LogP contribution in [-0.2, 0) is 34.1 Å². The number of sulfonamides is 1. The highest BCUT2D eigenvalue weighted by molar-refractivity contribution is 7.89. The number of halogens is 1. The Morgan fingerprint density at radius 1 is 1.20 bits per heavy atom. The molecule has 1 aliphatic rings. The molecule has 192 valence electrons. The number of aliphatic hydroxyl groups excluding tert-OH is 1. The van der Waals surface area contributed by atoms with E-state index in [0.717, 1.165) is 23.6 Å². The van der Waals surface area contributed by atoms with Gasteiger partial charge in [-0.05, 0) is 74.3 Å². The van der Waals surface area contributed by atoms with E-state index in [0.29, 0.717) is 11.5 Å². The van der Waals surface area contributed by atoms with E-state index in [-0.39, 0.29) is 41.4 Å². The zero-order valence-electron chi connectivity index (χ0n) is 20.5. The van der Waals surface area contributed by atoms with E-state index in [2.05, 4.69) is 43.4 Å². The summed E-state index contributed by atoms with van der Waals surface area (Å²) in [5.41, 5.74) is 3.20. The Labute approximate surface area is 213 Å². The maximum Gasteiger partial charge on any atom is 0.303 e. The quantitative estimate of drug-likeness (QED) is 0.394. The SMILES string of the molecule is CN(CC(O)CNC(C)(C)CC1Cc2ccccc2C1)S(=O)(=O)c1ccc(CCC(=O)O)c(Cl)c1. The van der Waals surface area contributed by atoms with Crippen LogP contribution in [0.3, 0.4) is 0 Å². The second kappa shape index (κ2) is 11.4. The summed E-state index contributed by atoms with van der Waals surface area (Å²) >= 11 is 6.19. The summed E-state index contributed by atoms with van der Waals surface area (Å²) in [6.07, 6.45) is 2.31. The molecule has 0 aromatic heterocycles. The molecule has 9 heteroatoms. The molecule has 0 amide bonds. The van der Waals surface area contributed by atoms with Crippen LogP contribution >= 0.6 is 11.6 Å². The lowest BCUT2D eigenvalue weighted by Gasteiger charge is -2.31. The minimum Gasteiger partial charge on any atom is -0.481 e. The van der Waals surface area contributed by atoms with Crippen LogP contribution in [0, 0.1) is 5.92 Å². The van der Waals surface area contributed by atoms with Crippen molar-refractivity contribution in [3.63, 3.8) is 0 Å². The van der Waals surface area contributed by atoms with Gasteiger partial charge >= 0.3 is 5.97 Å². The summed E-state index contributed by atoms with van der Waals surface area (Å²) in [6, 6.07) is 12.8. The van der Waals surface area contributed by atoms with Crippen LogP contribution in [0.1, 0.15) is 43.4 Å². The van der Waals surface area contributed by atoms with Crippen molar-refractivity contribution in [2.45, 2.75) is 62.5 Å². The van der Waals surface area contributed by atoms with Crippen LogP contribution in [0.4, 0.5) is 0 Å². The van der Waals surface area contributed by atoms with Crippen molar-refractivity contribution in [1.82, 2.24) is 9.62 Å². The zero-order valence-corrected chi connectivity index (χ0v) is 22.1. The van der Waals surface area contributed by atoms with Crippen molar-refractivity contribution in [2.75, 3.05) is 20.1 Å². The molecule has 0 saturated heterocycles. The molecule has 0 saturated carbocycles. The Morgan fingerprint density at radius 2 is 1.83 bits per heavy atom. The topological polar surface area (TPSA) is 107 Å². The molecule has 0 fully saturated rings. The van der Waals surface area contributed by atoms with Crippen LogP contribution < -0.4 is 5.32 Å². The van der Waals surface area contributed by atoms with Gasteiger partial charge in [0.15, 0.2) is 0 Å². The number of carboxylic acid groups (broad SMARTS) is 1. The number of nitrogens with zero attached hydrogens (tertiary/aromatic N) is 1. The molecular weight excluding hydrogens is 488 g/mol. The fourth-order valence-corrected chi connectivity index (χ4v) is 6.33. The second-order valence-corrected chi connectivity index (χ2v) is 12.6. The molecule has 2 aromatic rings. The largest absolute Gasteiger partial charge is 0.481 e. The van der Waals surface area contributed by atoms with Crippen LogP contribution in [0.5, 0.6) is 0 Å². The molecule has 1 aliphatic carbocycles. The monoisotopic (exact) mass is 522 g/mol. The fourth-order valence-electron chi connectivity index (χ4n) is 4.75. The second-order valence-electron chi connectivity index (χ2n) is 10.1. The maximum atomic E-state index is 13.0. The number of likely N-dealkylation sites (N-methyl/N-ethyl adjacent to an activating group) is 1. The first-order valence-electron chi connectivity index (χ1n) is 11.8.